The quantitative estimate of drug-likeness (QED) is 0.309. The molecule has 1 atom stereocenters. The third kappa shape index (κ3) is 3.23. The zero-order valence-electron chi connectivity index (χ0n) is 8.25. The summed E-state index contributed by atoms with van der Waals surface area (Å²) in [6.45, 7) is 0. The zero-order chi connectivity index (χ0) is 10.4. The van der Waals surface area contributed by atoms with Gasteiger partial charge in [-0.05, 0) is 24.8 Å². The second-order valence-electron chi connectivity index (χ2n) is 3.18. The van der Waals surface area contributed by atoms with Gasteiger partial charge >= 0.3 is 5.97 Å². The Kier molecular flexibility index (Phi) is 4.21. The van der Waals surface area contributed by atoms with Crippen LogP contribution >= 0.6 is 0 Å². The first-order valence-electron chi connectivity index (χ1n) is 4.68. The summed E-state index contributed by atoms with van der Waals surface area (Å²) in [5, 5.41) is 9.61. The van der Waals surface area contributed by atoms with Crippen LogP contribution in [0.1, 0.15) is 25.7 Å². The average Bonchev–Trinajstić information content (AvgIpc) is 2.70. The maximum absolute atomic E-state index is 10.6. The van der Waals surface area contributed by atoms with Crippen LogP contribution in [-0.2, 0) is 9.53 Å². The van der Waals surface area contributed by atoms with Gasteiger partial charge in [-0.15, -0.1) is 0 Å². The second-order valence-corrected chi connectivity index (χ2v) is 3.18. The van der Waals surface area contributed by atoms with E-state index in [9.17, 15) is 9.90 Å². The Labute approximate surface area is 83.8 Å². The number of aliphatic hydroxyl groups is 1. The van der Waals surface area contributed by atoms with Crippen molar-refractivity contribution in [3.63, 3.8) is 0 Å². The zero-order valence-corrected chi connectivity index (χ0v) is 8.25. The fourth-order valence-electron chi connectivity index (χ4n) is 1.40. The van der Waals surface area contributed by atoms with Gasteiger partial charge in [-0.1, -0.05) is 12.0 Å². The number of methoxy groups -OCH3 is 1. The molecule has 0 aromatic rings. The van der Waals surface area contributed by atoms with Gasteiger partial charge in [0.1, 0.15) is 0 Å². The van der Waals surface area contributed by atoms with Crippen molar-refractivity contribution in [1.82, 2.24) is 0 Å². The normalized spacial score (nSPS) is 16.6. The molecule has 1 N–H and O–H groups in total. The van der Waals surface area contributed by atoms with E-state index in [0.717, 1.165) is 24.8 Å². The Morgan fingerprint density at radius 3 is 3.14 bits per heavy atom. The molecule has 1 aliphatic carbocycles. The van der Waals surface area contributed by atoms with Crippen LogP contribution in [-0.4, -0.2) is 24.3 Å². The summed E-state index contributed by atoms with van der Waals surface area (Å²) in [5.74, 6) is 4.33. The fraction of sp³-hybridized carbons (Fsp3) is 0.545. The van der Waals surface area contributed by atoms with E-state index in [1.165, 1.54) is 7.11 Å². The summed E-state index contributed by atoms with van der Waals surface area (Å²) in [6.07, 6.45) is 4.93. The van der Waals surface area contributed by atoms with E-state index in [1.807, 2.05) is 6.08 Å². The first kappa shape index (κ1) is 10.8. The SMILES string of the molecule is COC(=O)C#CCC(O)C1=CCCC1. The van der Waals surface area contributed by atoms with Gasteiger partial charge in [-0.3, -0.25) is 0 Å². The van der Waals surface area contributed by atoms with Gasteiger partial charge < -0.3 is 9.84 Å². The lowest BCUT2D eigenvalue weighted by Crippen LogP contribution is -2.07. The summed E-state index contributed by atoms with van der Waals surface area (Å²) >= 11 is 0. The number of hydrogen-bond acceptors (Lipinski definition) is 3. The predicted octanol–water partition coefficient (Wildman–Crippen LogP) is 1.02. The molecule has 0 fully saturated rings. The minimum absolute atomic E-state index is 0.306. The maximum atomic E-state index is 10.6. The van der Waals surface area contributed by atoms with Crippen LogP contribution in [0.15, 0.2) is 11.6 Å². The standard InChI is InChI=1S/C11H14O3/c1-14-11(13)8-4-7-10(12)9-5-2-3-6-9/h5,10,12H,2-3,6-7H2,1H3. The van der Waals surface area contributed by atoms with Crippen molar-refractivity contribution in [2.24, 2.45) is 0 Å². The first-order valence-corrected chi connectivity index (χ1v) is 4.68. The Hall–Kier alpha value is -1.27. The summed E-state index contributed by atoms with van der Waals surface area (Å²) in [4.78, 5) is 10.6. The van der Waals surface area contributed by atoms with E-state index in [-0.39, 0.29) is 0 Å². The van der Waals surface area contributed by atoms with E-state index >= 15 is 0 Å². The molecule has 14 heavy (non-hydrogen) atoms. The number of esters is 1. The lowest BCUT2D eigenvalue weighted by Gasteiger charge is -2.06. The molecular weight excluding hydrogens is 180 g/mol. The molecule has 0 heterocycles. The molecular formula is C11H14O3. The second kappa shape index (κ2) is 5.46. The van der Waals surface area contributed by atoms with Crippen molar-refractivity contribution in [3.05, 3.63) is 11.6 Å². The molecule has 0 saturated heterocycles. The number of ether oxygens (including phenoxy) is 1. The number of allylic oxidation sites excluding steroid dienone is 1. The van der Waals surface area contributed by atoms with Crippen LogP contribution < -0.4 is 0 Å². The molecule has 0 bridgehead atoms. The Morgan fingerprint density at radius 1 is 1.79 bits per heavy atom. The molecule has 0 aromatic heterocycles. The summed E-state index contributed by atoms with van der Waals surface area (Å²) in [7, 11) is 1.28. The van der Waals surface area contributed by atoms with E-state index in [0.29, 0.717) is 6.42 Å². The lowest BCUT2D eigenvalue weighted by molar-refractivity contribution is -0.133. The summed E-state index contributed by atoms with van der Waals surface area (Å²) in [6, 6.07) is 0. The number of carbonyl (C=O) groups is 1. The average molecular weight is 194 g/mol. The van der Waals surface area contributed by atoms with Crippen LogP contribution in [0.25, 0.3) is 0 Å². The molecule has 0 saturated carbocycles. The number of aliphatic hydroxyl groups excluding tert-OH is 1. The molecule has 1 aliphatic rings. The van der Waals surface area contributed by atoms with Crippen LogP contribution in [0.5, 0.6) is 0 Å². The predicted molar refractivity (Wildman–Crippen MR) is 52.3 cm³/mol. The highest BCUT2D eigenvalue weighted by atomic mass is 16.5. The van der Waals surface area contributed by atoms with Gasteiger partial charge in [0.05, 0.1) is 13.2 Å². The van der Waals surface area contributed by atoms with E-state index in [4.69, 9.17) is 0 Å². The van der Waals surface area contributed by atoms with Crippen molar-refractivity contribution in [2.45, 2.75) is 31.8 Å². The van der Waals surface area contributed by atoms with Gasteiger partial charge in [0.25, 0.3) is 0 Å². The molecule has 76 valence electrons. The minimum atomic E-state index is -0.558. The van der Waals surface area contributed by atoms with E-state index < -0.39 is 12.1 Å². The first-order chi connectivity index (χ1) is 6.74. The van der Waals surface area contributed by atoms with E-state index in [1.54, 1.807) is 0 Å². The number of hydrogen-bond donors (Lipinski definition) is 1. The third-order valence-corrected chi connectivity index (χ3v) is 2.18. The van der Waals surface area contributed by atoms with Crippen molar-refractivity contribution in [2.75, 3.05) is 7.11 Å². The van der Waals surface area contributed by atoms with E-state index in [2.05, 4.69) is 16.6 Å². The van der Waals surface area contributed by atoms with Gasteiger partial charge in [0, 0.05) is 12.3 Å². The molecule has 1 unspecified atom stereocenters. The monoisotopic (exact) mass is 194 g/mol. The Balaban J connectivity index is 2.36. The van der Waals surface area contributed by atoms with Crippen LogP contribution in [0.3, 0.4) is 0 Å². The molecule has 3 nitrogen and oxygen atoms in total. The smallest absolute Gasteiger partial charge is 0.384 e. The Morgan fingerprint density at radius 2 is 2.57 bits per heavy atom. The largest absolute Gasteiger partial charge is 0.459 e. The molecule has 0 aliphatic heterocycles. The highest BCUT2D eigenvalue weighted by Gasteiger charge is 2.12. The van der Waals surface area contributed by atoms with Gasteiger partial charge in [-0.25, -0.2) is 4.79 Å². The summed E-state index contributed by atoms with van der Waals surface area (Å²) < 4.78 is 4.35. The highest BCUT2D eigenvalue weighted by Crippen LogP contribution is 2.21. The molecule has 0 aromatic carbocycles. The molecule has 0 spiro atoms. The number of rotatable bonds is 2. The molecule has 3 heteroatoms. The Bertz CT molecular complexity index is 293. The van der Waals surface area contributed by atoms with Crippen LogP contribution in [0.2, 0.25) is 0 Å². The topological polar surface area (TPSA) is 46.5 Å². The molecule has 0 amide bonds. The third-order valence-electron chi connectivity index (χ3n) is 2.18. The fourth-order valence-corrected chi connectivity index (χ4v) is 1.40. The van der Waals surface area contributed by atoms with Gasteiger partial charge in [0.2, 0.25) is 0 Å². The van der Waals surface area contributed by atoms with Gasteiger partial charge in [0.15, 0.2) is 0 Å². The van der Waals surface area contributed by atoms with Gasteiger partial charge in [-0.2, -0.15) is 0 Å². The van der Waals surface area contributed by atoms with Crippen molar-refractivity contribution in [3.8, 4) is 11.8 Å². The molecule has 0 radical (unpaired) electrons. The van der Waals surface area contributed by atoms with Crippen molar-refractivity contribution >= 4 is 5.97 Å². The minimum Gasteiger partial charge on any atom is -0.459 e. The maximum Gasteiger partial charge on any atom is 0.384 e. The van der Waals surface area contributed by atoms with Crippen molar-refractivity contribution in [1.29, 1.82) is 0 Å². The lowest BCUT2D eigenvalue weighted by atomic mass is 10.1. The highest BCUT2D eigenvalue weighted by molar-refractivity contribution is 5.88. The van der Waals surface area contributed by atoms with Crippen LogP contribution in [0.4, 0.5) is 0 Å². The summed E-state index contributed by atoms with van der Waals surface area (Å²) in [5.41, 5.74) is 1.05. The van der Waals surface area contributed by atoms with Crippen LogP contribution in [0, 0.1) is 11.8 Å². The van der Waals surface area contributed by atoms with Crippen molar-refractivity contribution < 1.29 is 14.6 Å². The number of carbonyl (C=O) groups excluding carboxylic acids is 1. The molecule has 1 rings (SSSR count).